The molecule has 0 atom stereocenters. The van der Waals surface area contributed by atoms with E-state index in [1.807, 2.05) is 6.07 Å². The Hall–Kier alpha value is -1.91. The van der Waals surface area contributed by atoms with Crippen LogP contribution in [0.3, 0.4) is 0 Å². The Morgan fingerprint density at radius 3 is 2.76 bits per heavy atom. The van der Waals surface area contributed by atoms with Gasteiger partial charge in [0.1, 0.15) is 0 Å². The van der Waals surface area contributed by atoms with E-state index in [9.17, 15) is 0 Å². The molecule has 5 nitrogen and oxygen atoms in total. The van der Waals surface area contributed by atoms with Crippen molar-refractivity contribution >= 4 is 5.69 Å². The number of tetrazole rings is 1. The molecule has 1 aliphatic rings. The quantitative estimate of drug-likeness (QED) is 0.852. The number of rotatable bonds is 2. The third kappa shape index (κ3) is 1.88. The van der Waals surface area contributed by atoms with Crippen molar-refractivity contribution in [2.75, 3.05) is 18.0 Å². The van der Waals surface area contributed by atoms with Gasteiger partial charge in [-0.3, -0.25) is 0 Å². The van der Waals surface area contributed by atoms with Crippen LogP contribution in [0.4, 0.5) is 5.69 Å². The fourth-order valence-corrected chi connectivity index (χ4v) is 2.33. The van der Waals surface area contributed by atoms with E-state index in [2.05, 4.69) is 44.6 Å². The molecule has 0 spiro atoms. The second-order valence-corrected chi connectivity index (χ2v) is 4.43. The van der Waals surface area contributed by atoms with Gasteiger partial charge in [0, 0.05) is 24.3 Å². The zero-order valence-corrected chi connectivity index (χ0v) is 9.85. The second kappa shape index (κ2) is 4.16. The summed E-state index contributed by atoms with van der Waals surface area (Å²) in [5.74, 6) is 0.658. The van der Waals surface area contributed by atoms with Gasteiger partial charge in [0.15, 0.2) is 0 Å². The van der Waals surface area contributed by atoms with Crippen LogP contribution in [0.25, 0.3) is 11.4 Å². The van der Waals surface area contributed by atoms with E-state index in [-0.39, 0.29) is 0 Å². The molecule has 1 aromatic heterocycles. The molecule has 1 fully saturated rings. The molecule has 5 heteroatoms. The SMILES string of the molecule is Cc1ccc(-c2nn[nH]n2)cc1N1CCCC1. The minimum absolute atomic E-state index is 0.658. The minimum Gasteiger partial charge on any atom is -0.371 e. The normalized spacial score (nSPS) is 15.5. The molecule has 17 heavy (non-hydrogen) atoms. The number of anilines is 1. The fourth-order valence-electron chi connectivity index (χ4n) is 2.33. The van der Waals surface area contributed by atoms with E-state index in [0.29, 0.717) is 5.82 Å². The van der Waals surface area contributed by atoms with Crippen molar-refractivity contribution in [3.05, 3.63) is 23.8 Å². The molecule has 0 amide bonds. The van der Waals surface area contributed by atoms with Gasteiger partial charge in [0.2, 0.25) is 5.82 Å². The van der Waals surface area contributed by atoms with Crippen molar-refractivity contribution in [1.82, 2.24) is 20.6 Å². The minimum atomic E-state index is 0.658. The molecular formula is C12H15N5. The average Bonchev–Trinajstić information content (AvgIpc) is 3.03. The summed E-state index contributed by atoms with van der Waals surface area (Å²) in [5.41, 5.74) is 3.62. The van der Waals surface area contributed by atoms with Crippen LogP contribution < -0.4 is 4.90 Å². The van der Waals surface area contributed by atoms with Crippen LogP contribution in [0.15, 0.2) is 18.2 Å². The molecule has 0 radical (unpaired) electrons. The van der Waals surface area contributed by atoms with Crippen LogP contribution in [0.1, 0.15) is 18.4 Å². The van der Waals surface area contributed by atoms with E-state index in [0.717, 1.165) is 18.7 Å². The highest BCUT2D eigenvalue weighted by Gasteiger charge is 2.15. The molecule has 1 aromatic carbocycles. The Morgan fingerprint density at radius 1 is 1.24 bits per heavy atom. The molecule has 0 aliphatic carbocycles. The van der Waals surface area contributed by atoms with Crippen molar-refractivity contribution < 1.29 is 0 Å². The number of hydrogen-bond donors (Lipinski definition) is 1. The van der Waals surface area contributed by atoms with Crippen LogP contribution in [-0.4, -0.2) is 33.7 Å². The highest BCUT2D eigenvalue weighted by Crippen LogP contribution is 2.28. The number of H-pyrrole nitrogens is 1. The van der Waals surface area contributed by atoms with Crippen molar-refractivity contribution in [3.63, 3.8) is 0 Å². The van der Waals surface area contributed by atoms with Crippen LogP contribution in [0, 0.1) is 6.92 Å². The lowest BCUT2D eigenvalue weighted by molar-refractivity contribution is 0.881. The predicted octanol–water partition coefficient (Wildman–Crippen LogP) is 1.78. The molecule has 1 saturated heterocycles. The van der Waals surface area contributed by atoms with Gasteiger partial charge in [-0.05, 0) is 36.6 Å². The second-order valence-electron chi connectivity index (χ2n) is 4.43. The van der Waals surface area contributed by atoms with Gasteiger partial charge in [-0.25, -0.2) is 0 Å². The fraction of sp³-hybridized carbons (Fsp3) is 0.417. The van der Waals surface area contributed by atoms with E-state index in [1.165, 1.54) is 24.1 Å². The molecule has 2 heterocycles. The molecule has 2 aromatic rings. The maximum atomic E-state index is 4.02. The summed E-state index contributed by atoms with van der Waals surface area (Å²) in [6.07, 6.45) is 2.57. The topological polar surface area (TPSA) is 57.7 Å². The van der Waals surface area contributed by atoms with Gasteiger partial charge >= 0.3 is 0 Å². The molecule has 0 saturated carbocycles. The van der Waals surface area contributed by atoms with Crippen molar-refractivity contribution in [3.8, 4) is 11.4 Å². The standard InChI is InChI=1S/C12H15N5/c1-9-4-5-10(12-13-15-16-14-12)8-11(9)17-6-2-3-7-17/h4-5,8H,2-3,6-7H2,1H3,(H,13,14,15,16). The van der Waals surface area contributed by atoms with Gasteiger partial charge in [-0.1, -0.05) is 12.1 Å². The first kappa shape index (κ1) is 10.3. The summed E-state index contributed by atoms with van der Waals surface area (Å²) >= 11 is 0. The van der Waals surface area contributed by atoms with E-state index < -0.39 is 0 Å². The monoisotopic (exact) mass is 229 g/mol. The van der Waals surface area contributed by atoms with Crippen LogP contribution >= 0.6 is 0 Å². The van der Waals surface area contributed by atoms with Crippen LogP contribution in [-0.2, 0) is 0 Å². The van der Waals surface area contributed by atoms with Gasteiger partial charge in [-0.2, -0.15) is 5.21 Å². The van der Waals surface area contributed by atoms with Gasteiger partial charge in [0.05, 0.1) is 0 Å². The molecule has 1 N–H and O–H groups in total. The molecule has 0 bridgehead atoms. The third-order valence-corrected chi connectivity index (χ3v) is 3.26. The summed E-state index contributed by atoms with van der Waals surface area (Å²) in [4.78, 5) is 2.43. The Labute approximate surface area is 99.8 Å². The third-order valence-electron chi connectivity index (χ3n) is 3.26. The summed E-state index contributed by atoms with van der Waals surface area (Å²) < 4.78 is 0. The van der Waals surface area contributed by atoms with Crippen molar-refractivity contribution in [2.24, 2.45) is 0 Å². The first-order chi connectivity index (χ1) is 8.34. The number of aromatic amines is 1. The van der Waals surface area contributed by atoms with Crippen molar-refractivity contribution in [1.29, 1.82) is 0 Å². The number of aromatic nitrogens is 4. The summed E-state index contributed by atoms with van der Waals surface area (Å²) in [7, 11) is 0. The molecule has 1 aliphatic heterocycles. The van der Waals surface area contributed by atoms with Crippen LogP contribution in [0.2, 0.25) is 0 Å². The van der Waals surface area contributed by atoms with Gasteiger partial charge < -0.3 is 4.90 Å². The van der Waals surface area contributed by atoms with E-state index in [4.69, 9.17) is 0 Å². The zero-order valence-electron chi connectivity index (χ0n) is 9.85. The van der Waals surface area contributed by atoms with Crippen molar-refractivity contribution in [2.45, 2.75) is 19.8 Å². The zero-order chi connectivity index (χ0) is 11.7. The number of aryl methyl sites for hydroxylation is 1. The van der Waals surface area contributed by atoms with Crippen LogP contribution in [0.5, 0.6) is 0 Å². The first-order valence-corrected chi connectivity index (χ1v) is 5.94. The largest absolute Gasteiger partial charge is 0.371 e. The summed E-state index contributed by atoms with van der Waals surface area (Å²) in [6, 6.07) is 6.32. The lowest BCUT2D eigenvalue weighted by atomic mass is 10.1. The highest BCUT2D eigenvalue weighted by molar-refractivity contribution is 5.66. The summed E-state index contributed by atoms with van der Waals surface area (Å²) in [6.45, 7) is 4.45. The van der Waals surface area contributed by atoms with Gasteiger partial charge in [-0.15, -0.1) is 10.2 Å². The number of hydrogen-bond acceptors (Lipinski definition) is 4. The number of nitrogens with zero attached hydrogens (tertiary/aromatic N) is 4. The smallest absolute Gasteiger partial charge is 0.204 e. The van der Waals surface area contributed by atoms with E-state index >= 15 is 0 Å². The molecule has 3 rings (SSSR count). The maximum absolute atomic E-state index is 4.02. The lowest BCUT2D eigenvalue weighted by Crippen LogP contribution is -2.18. The highest BCUT2D eigenvalue weighted by atomic mass is 15.5. The van der Waals surface area contributed by atoms with E-state index in [1.54, 1.807) is 0 Å². The lowest BCUT2D eigenvalue weighted by Gasteiger charge is -2.20. The molecule has 0 unspecified atom stereocenters. The number of benzene rings is 1. The Bertz CT molecular complexity index is 500. The Morgan fingerprint density at radius 2 is 2.06 bits per heavy atom. The average molecular weight is 229 g/mol. The maximum Gasteiger partial charge on any atom is 0.204 e. The van der Waals surface area contributed by atoms with Gasteiger partial charge in [0.25, 0.3) is 0 Å². The molecule has 88 valence electrons. The summed E-state index contributed by atoms with van der Waals surface area (Å²) in [5, 5.41) is 14.1. The first-order valence-electron chi connectivity index (χ1n) is 5.94. The Balaban J connectivity index is 2.00. The Kier molecular flexibility index (Phi) is 2.51. The molecular weight excluding hydrogens is 214 g/mol. The number of nitrogens with one attached hydrogen (secondary N) is 1. The predicted molar refractivity (Wildman–Crippen MR) is 65.8 cm³/mol.